The van der Waals surface area contributed by atoms with Gasteiger partial charge in [0, 0.05) is 5.21 Å². The summed E-state index contributed by atoms with van der Waals surface area (Å²) in [7, 11) is 0. The molecule has 0 aliphatic carbocycles. The highest BCUT2D eigenvalue weighted by atomic mass is 16.5. The van der Waals surface area contributed by atoms with Crippen LogP contribution in [0, 0.1) is 5.21 Å². The van der Waals surface area contributed by atoms with Gasteiger partial charge in [0.15, 0.2) is 11.1 Å². The van der Waals surface area contributed by atoms with Crippen LogP contribution in [-0.2, 0) is 5.21 Å². The van der Waals surface area contributed by atoms with E-state index in [9.17, 15) is 15.5 Å². The van der Waals surface area contributed by atoms with Crippen molar-refractivity contribution < 1.29 is 15.1 Å². The van der Waals surface area contributed by atoms with Crippen LogP contribution in [0.2, 0.25) is 0 Å². The maximum absolute atomic E-state index is 12.4. The molecule has 5 heteroatoms. The summed E-state index contributed by atoms with van der Waals surface area (Å²) in [5.74, 6) is 0.0529. The minimum Gasteiger partial charge on any atom is -0.714 e. The van der Waals surface area contributed by atoms with Gasteiger partial charge in [-0.05, 0) is 32.9 Å². The van der Waals surface area contributed by atoms with Crippen LogP contribution in [0.1, 0.15) is 26.3 Å². The Labute approximate surface area is 106 Å². The smallest absolute Gasteiger partial charge is 0.316 e. The number of hydrogen-bond donors (Lipinski definition) is 1. The normalized spacial score (nSPS) is 26.8. The first-order valence-corrected chi connectivity index (χ1v) is 5.84. The van der Waals surface area contributed by atoms with E-state index in [1.54, 1.807) is 45.0 Å². The number of aliphatic hydroxyl groups excluding tert-OH is 1. The Morgan fingerprint density at radius 3 is 2.28 bits per heavy atom. The minimum atomic E-state index is -1.15. The van der Waals surface area contributed by atoms with Crippen molar-refractivity contribution in [3.63, 3.8) is 0 Å². The topological polar surface area (TPSA) is 69.4 Å². The van der Waals surface area contributed by atoms with Gasteiger partial charge in [-0.2, -0.15) is 0 Å². The molecule has 18 heavy (non-hydrogen) atoms. The van der Waals surface area contributed by atoms with E-state index in [1.165, 1.54) is 0 Å². The molecule has 0 aromatic heterocycles. The molecule has 0 saturated carbocycles. The lowest BCUT2D eigenvalue weighted by molar-refractivity contribution is -0.549. The molecule has 1 aliphatic rings. The van der Waals surface area contributed by atoms with Crippen LogP contribution in [0.25, 0.3) is 0 Å². The molecule has 0 saturated heterocycles. The molecule has 2 rings (SSSR count). The molecule has 1 N–H and O–H groups in total. The molecule has 97 valence electrons. The third kappa shape index (κ3) is 1.44. The van der Waals surface area contributed by atoms with E-state index >= 15 is 0 Å². The lowest BCUT2D eigenvalue weighted by Gasteiger charge is -2.34. The maximum Gasteiger partial charge on any atom is 0.316 e. The SMILES string of the molecule is CC1(C)N([O])C(c2ccccc2)=[N+]([O-])C1(C)CO. The first-order chi connectivity index (χ1) is 8.36. The van der Waals surface area contributed by atoms with E-state index in [0.29, 0.717) is 15.4 Å². The summed E-state index contributed by atoms with van der Waals surface area (Å²) >= 11 is 0. The maximum atomic E-state index is 12.4. The number of hydroxylamine groups is 3. The number of amidine groups is 1. The van der Waals surface area contributed by atoms with Crippen molar-refractivity contribution in [3.8, 4) is 0 Å². The predicted molar refractivity (Wildman–Crippen MR) is 66.3 cm³/mol. The average Bonchev–Trinajstić information content (AvgIpc) is 2.50. The Balaban J connectivity index is 2.61. The van der Waals surface area contributed by atoms with Gasteiger partial charge < -0.3 is 10.3 Å². The number of aliphatic hydroxyl groups is 1. The van der Waals surface area contributed by atoms with Crippen LogP contribution < -0.4 is 0 Å². The van der Waals surface area contributed by atoms with Crippen molar-refractivity contribution in [2.45, 2.75) is 31.8 Å². The zero-order valence-corrected chi connectivity index (χ0v) is 10.8. The second-order valence-corrected chi connectivity index (χ2v) is 5.27. The van der Waals surface area contributed by atoms with Gasteiger partial charge in [0.2, 0.25) is 0 Å². The van der Waals surface area contributed by atoms with Crippen LogP contribution >= 0.6 is 0 Å². The first-order valence-electron chi connectivity index (χ1n) is 5.84. The quantitative estimate of drug-likeness (QED) is 0.631. The molecule has 0 fully saturated rings. The van der Waals surface area contributed by atoms with Crippen molar-refractivity contribution in [1.29, 1.82) is 0 Å². The molecule has 1 aliphatic heterocycles. The molecular formula is C13H17N2O3. The predicted octanol–water partition coefficient (Wildman–Crippen LogP) is 1.13. The third-order valence-electron chi connectivity index (χ3n) is 4.00. The number of rotatable bonds is 2. The first kappa shape index (κ1) is 12.9. The van der Waals surface area contributed by atoms with Gasteiger partial charge >= 0.3 is 5.84 Å². The largest absolute Gasteiger partial charge is 0.714 e. The van der Waals surface area contributed by atoms with E-state index in [4.69, 9.17) is 0 Å². The Morgan fingerprint density at radius 1 is 1.28 bits per heavy atom. The lowest BCUT2D eigenvalue weighted by atomic mass is 9.83. The zero-order valence-electron chi connectivity index (χ0n) is 10.8. The monoisotopic (exact) mass is 249 g/mol. The van der Waals surface area contributed by atoms with Gasteiger partial charge in [-0.25, -0.2) is 0 Å². The van der Waals surface area contributed by atoms with E-state index < -0.39 is 11.1 Å². The lowest BCUT2D eigenvalue weighted by Crippen LogP contribution is -2.57. The van der Waals surface area contributed by atoms with E-state index in [1.807, 2.05) is 6.07 Å². The second-order valence-electron chi connectivity index (χ2n) is 5.27. The van der Waals surface area contributed by atoms with Crippen molar-refractivity contribution >= 4 is 5.84 Å². The van der Waals surface area contributed by atoms with Crippen LogP contribution in [-0.4, -0.2) is 38.4 Å². The Hall–Kier alpha value is -1.59. The summed E-state index contributed by atoms with van der Waals surface area (Å²) in [5.41, 5.74) is -1.58. The highest BCUT2D eigenvalue weighted by Gasteiger charge is 2.62. The molecule has 0 amide bonds. The number of nitrogens with zero attached hydrogens (tertiary/aromatic N) is 2. The average molecular weight is 249 g/mol. The Kier molecular flexibility index (Phi) is 2.83. The molecule has 5 nitrogen and oxygen atoms in total. The summed E-state index contributed by atoms with van der Waals surface area (Å²) in [4.78, 5) is 0. The van der Waals surface area contributed by atoms with E-state index in [2.05, 4.69) is 0 Å². The summed E-state index contributed by atoms with van der Waals surface area (Å²) in [5, 5.41) is 34.9. The van der Waals surface area contributed by atoms with Crippen LogP contribution in [0.3, 0.4) is 0 Å². The summed E-state index contributed by atoms with van der Waals surface area (Å²) in [6, 6.07) is 8.78. The van der Waals surface area contributed by atoms with Crippen LogP contribution in [0.15, 0.2) is 30.3 Å². The third-order valence-corrected chi connectivity index (χ3v) is 4.00. The Bertz CT molecular complexity index is 484. The van der Waals surface area contributed by atoms with Crippen LogP contribution in [0.5, 0.6) is 0 Å². The summed E-state index contributed by atoms with van der Waals surface area (Å²) in [6.07, 6.45) is 0. The van der Waals surface area contributed by atoms with Crippen molar-refractivity contribution in [2.24, 2.45) is 0 Å². The fourth-order valence-electron chi connectivity index (χ4n) is 2.13. The molecule has 0 spiro atoms. The summed E-state index contributed by atoms with van der Waals surface area (Å²) < 4.78 is 0.634. The molecule has 1 aromatic carbocycles. The Morgan fingerprint density at radius 2 is 1.83 bits per heavy atom. The van der Waals surface area contributed by atoms with Gasteiger partial charge in [-0.15, -0.1) is 0 Å². The van der Waals surface area contributed by atoms with Gasteiger partial charge in [0.05, 0.1) is 12.2 Å². The van der Waals surface area contributed by atoms with Gasteiger partial charge in [-0.3, -0.25) is 4.74 Å². The van der Waals surface area contributed by atoms with E-state index in [0.717, 1.165) is 0 Å². The molecule has 0 bridgehead atoms. The van der Waals surface area contributed by atoms with Gasteiger partial charge in [0.25, 0.3) is 0 Å². The molecule has 1 aromatic rings. The number of benzene rings is 1. The van der Waals surface area contributed by atoms with Crippen molar-refractivity contribution in [1.82, 2.24) is 5.06 Å². The van der Waals surface area contributed by atoms with Crippen molar-refractivity contribution in [3.05, 3.63) is 41.1 Å². The summed E-state index contributed by atoms with van der Waals surface area (Å²) in [6.45, 7) is 4.55. The van der Waals surface area contributed by atoms with Crippen molar-refractivity contribution in [2.75, 3.05) is 6.61 Å². The molecule has 1 radical (unpaired) electrons. The van der Waals surface area contributed by atoms with Gasteiger partial charge in [0.1, 0.15) is 0 Å². The molecular weight excluding hydrogens is 232 g/mol. The van der Waals surface area contributed by atoms with Crippen LogP contribution in [0.4, 0.5) is 0 Å². The fraction of sp³-hybridized carbons (Fsp3) is 0.462. The molecule has 1 heterocycles. The van der Waals surface area contributed by atoms with Gasteiger partial charge in [-0.1, -0.05) is 23.3 Å². The van der Waals surface area contributed by atoms with E-state index in [-0.39, 0.29) is 12.4 Å². The highest BCUT2D eigenvalue weighted by molar-refractivity contribution is 5.95. The molecule has 1 atom stereocenters. The second kappa shape index (κ2) is 3.96. The fourth-order valence-corrected chi connectivity index (χ4v) is 2.13. The molecule has 1 unspecified atom stereocenters. The minimum absolute atomic E-state index is 0.0529. The number of hydrogen-bond acceptors (Lipinski definition) is 3. The zero-order chi connectivity index (χ0) is 13.6. The standard InChI is InChI=1S/C13H17N2O3/c1-12(2)13(3,9-16)15(18)11(14(12)17)10-7-5-4-6-8-10/h4-8,16H,9H2,1-3H3. The highest BCUT2D eigenvalue weighted by Crippen LogP contribution is 2.37.